The summed E-state index contributed by atoms with van der Waals surface area (Å²) < 4.78 is 59.1. The van der Waals surface area contributed by atoms with Gasteiger partial charge < -0.3 is 8.75 Å². The van der Waals surface area contributed by atoms with E-state index in [4.69, 9.17) is 4.18 Å². The van der Waals surface area contributed by atoms with Crippen LogP contribution in [0.1, 0.15) is 36.8 Å². The summed E-state index contributed by atoms with van der Waals surface area (Å²) >= 11 is 0. The van der Waals surface area contributed by atoms with E-state index in [9.17, 15) is 16.8 Å². The van der Waals surface area contributed by atoms with Crippen LogP contribution in [0.2, 0.25) is 0 Å². The Kier molecular flexibility index (Phi) is 6.77. The number of para-hydroxylation sites is 1. The van der Waals surface area contributed by atoms with E-state index in [1.165, 1.54) is 4.57 Å². The van der Waals surface area contributed by atoms with Crippen molar-refractivity contribution in [2.45, 2.75) is 37.9 Å². The normalized spacial score (nSPS) is 12.3. The molecule has 0 radical (unpaired) electrons. The molecule has 0 amide bonds. The highest BCUT2D eigenvalue weighted by atomic mass is 32.2. The van der Waals surface area contributed by atoms with E-state index in [-0.39, 0.29) is 35.6 Å². The van der Waals surface area contributed by atoms with E-state index < -0.39 is 20.1 Å². The molecular weight excluding hydrogens is 440 g/mol. The standard InChI is InChI=1S/C20H24N4O5S2/c1-15(2)19-20(31(27,28)29-17-9-5-4-6-10-17)24(14-16-8-7-11-21-12-16)18(23-19)13-22-30(3,25)26/h4-12,15,22H,13-14H2,1-3H3. The van der Waals surface area contributed by atoms with Crippen LogP contribution in [0.3, 0.4) is 0 Å². The molecule has 0 aliphatic heterocycles. The number of sulfonamides is 1. The lowest BCUT2D eigenvalue weighted by Gasteiger charge is -2.14. The third-order valence-corrected chi connectivity index (χ3v) is 6.30. The second-order valence-corrected chi connectivity index (χ2v) is 10.6. The van der Waals surface area contributed by atoms with Crippen LogP contribution < -0.4 is 8.91 Å². The minimum atomic E-state index is -4.27. The molecule has 31 heavy (non-hydrogen) atoms. The molecule has 0 atom stereocenters. The fourth-order valence-corrected chi connectivity index (χ4v) is 4.76. The van der Waals surface area contributed by atoms with Crippen molar-refractivity contribution in [1.29, 1.82) is 0 Å². The summed E-state index contributed by atoms with van der Waals surface area (Å²) in [6, 6.07) is 11.7. The topological polar surface area (TPSA) is 120 Å². The predicted molar refractivity (Wildman–Crippen MR) is 116 cm³/mol. The Morgan fingerprint density at radius 2 is 1.77 bits per heavy atom. The summed E-state index contributed by atoms with van der Waals surface area (Å²) in [7, 11) is -7.79. The van der Waals surface area contributed by atoms with Crippen molar-refractivity contribution in [2.24, 2.45) is 0 Å². The fraction of sp³-hybridized carbons (Fsp3) is 0.300. The van der Waals surface area contributed by atoms with Gasteiger partial charge in [-0.05, 0) is 29.7 Å². The van der Waals surface area contributed by atoms with Crippen LogP contribution in [0.15, 0.2) is 59.9 Å². The molecule has 1 aromatic carbocycles. The van der Waals surface area contributed by atoms with Gasteiger partial charge >= 0.3 is 10.1 Å². The minimum absolute atomic E-state index is 0.111. The number of pyridine rings is 1. The monoisotopic (exact) mass is 464 g/mol. The Balaban J connectivity index is 2.15. The first kappa shape index (κ1) is 22.9. The van der Waals surface area contributed by atoms with Gasteiger partial charge in [0.05, 0.1) is 25.0 Å². The molecule has 9 nitrogen and oxygen atoms in total. The van der Waals surface area contributed by atoms with Crippen molar-refractivity contribution < 1.29 is 21.0 Å². The Bertz CT molecular complexity index is 1240. The Morgan fingerprint density at radius 1 is 1.06 bits per heavy atom. The molecule has 0 bridgehead atoms. The second kappa shape index (κ2) is 9.16. The van der Waals surface area contributed by atoms with E-state index in [0.29, 0.717) is 5.69 Å². The molecule has 166 valence electrons. The third-order valence-electron chi connectivity index (χ3n) is 4.31. The van der Waals surface area contributed by atoms with Gasteiger partial charge in [-0.3, -0.25) is 4.98 Å². The zero-order valence-electron chi connectivity index (χ0n) is 17.4. The Labute approximate surface area is 182 Å². The van der Waals surface area contributed by atoms with Gasteiger partial charge in [0.15, 0.2) is 5.03 Å². The average molecular weight is 465 g/mol. The van der Waals surface area contributed by atoms with Gasteiger partial charge in [0.1, 0.15) is 11.6 Å². The molecule has 0 saturated heterocycles. The number of benzene rings is 1. The second-order valence-electron chi connectivity index (χ2n) is 7.26. The quantitative estimate of drug-likeness (QED) is 0.482. The van der Waals surface area contributed by atoms with Gasteiger partial charge in [-0.1, -0.05) is 38.1 Å². The maximum Gasteiger partial charge on any atom is 0.357 e. The van der Waals surface area contributed by atoms with Crippen molar-refractivity contribution >= 4 is 20.1 Å². The van der Waals surface area contributed by atoms with Crippen molar-refractivity contribution in [2.75, 3.05) is 6.26 Å². The molecular formula is C20H24N4O5S2. The zero-order valence-corrected chi connectivity index (χ0v) is 19.0. The first-order valence-electron chi connectivity index (χ1n) is 9.49. The first-order chi connectivity index (χ1) is 14.6. The molecule has 0 saturated carbocycles. The average Bonchev–Trinajstić information content (AvgIpc) is 3.07. The van der Waals surface area contributed by atoms with Crippen LogP contribution in [0.25, 0.3) is 0 Å². The van der Waals surface area contributed by atoms with E-state index in [1.807, 2.05) is 13.8 Å². The molecule has 1 N–H and O–H groups in total. The fourth-order valence-electron chi connectivity index (χ4n) is 2.95. The lowest BCUT2D eigenvalue weighted by atomic mass is 10.1. The molecule has 3 rings (SSSR count). The van der Waals surface area contributed by atoms with Crippen LogP contribution in [0.5, 0.6) is 5.75 Å². The maximum absolute atomic E-state index is 13.3. The van der Waals surface area contributed by atoms with Gasteiger partial charge in [0, 0.05) is 12.4 Å². The zero-order chi connectivity index (χ0) is 22.6. The van der Waals surface area contributed by atoms with Gasteiger partial charge in [0.25, 0.3) is 0 Å². The lowest BCUT2D eigenvalue weighted by molar-refractivity contribution is 0.471. The van der Waals surface area contributed by atoms with Crippen molar-refractivity contribution in [1.82, 2.24) is 19.3 Å². The highest BCUT2D eigenvalue weighted by molar-refractivity contribution is 7.88. The highest BCUT2D eigenvalue weighted by Gasteiger charge is 2.31. The van der Waals surface area contributed by atoms with Gasteiger partial charge in [-0.15, -0.1) is 0 Å². The highest BCUT2D eigenvalue weighted by Crippen LogP contribution is 2.28. The third kappa shape index (κ3) is 5.90. The van der Waals surface area contributed by atoms with E-state index in [0.717, 1.165) is 11.8 Å². The van der Waals surface area contributed by atoms with Crippen LogP contribution in [-0.2, 0) is 33.2 Å². The summed E-state index contributed by atoms with van der Waals surface area (Å²) in [4.78, 5) is 8.54. The number of rotatable bonds is 9. The smallest absolute Gasteiger partial charge is 0.357 e. The molecule has 0 unspecified atom stereocenters. The van der Waals surface area contributed by atoms with E-state index in [1.54, 1.807) is 54.9 Å². The molecule has 0 aliphatic carbocycles. The van der Waals surface area contributed by atoms with Gasteiger partial charge in [0.2, 0.25) is 10.0 Å². The van der Waals surface area contributed by atoms with Gasteiger partial charge in [-0.2, -0.15) is 8.42 Å². The summed E-state index contributed by atoms with van der Waals surface area (Å²) in [5.74, 6) is 0.173. The molecule has 0 spiro atoms. The number of hydrogen-bond donors (Lipinski definition) is 1. The van der Waals surface area contributed by atoms with Crippen LogP contribution in [0, 0.1) is 0 Å². The maximum atomic E-state index is 13.3. The van der Waals surface area contributed by atoms with Crippen LogP contribution in [0.4, 0.5) is 0 Å². The summed E-state index contributed by atoms with van der Waals surface area (Å²) in [6.45, 7) is 3.58. The number of hydrogen-bond acceptors (Lipinski definition) is 7. The Hall–Kier alpha value is -2.76. The molecule has 11 heteroatoms. The number of nitrogens with one attached hydrogen (secondary N) is 1. The van der Waals surface area contributed by atoms with Crippen LogP contribution in [-0.4, -0.2) is 37.6 Å². The summed E-state index contributed by atoms with van der Waals surface area (Å²) in [6.07, 6.45) is 4.25. The molecule has 3 aromatic rings. The lowest BCUT2D eigenvalue weighted by Crippen LogP contribution is -2.25. The van der Waals surface area contributed by atoms with Crippen molar-refractivity contribution in [3.05, 3.63) is 71.9 Å². The molecule has 2 heterocycles. The van der Waals surface area contributed by atoms with Crippen molar-refractivity contribution in [3.8, 4) is 5.75 Å². The largest absolute Gasteiger partial charge is 0.378 e. The minimum Gasteiger partial charge on any atom is -0.378 e. The molecule has 0 fully saturated rings. The van der Waals surface area contributed by atoms with Crippen molar-refractivity contribution in [3.63, 3.8) is 0 Å². The van der Waals surface area contributed by atoms with E-state index >= 15 is 0 Å². The number of imidazole rings is 1. The molecule has 2 aromatic heterocycles. The van der Waals surface area contributed by atoms with Crippen LogP contribution >= 0.6 is 0 Å². The summed E-state index contributed by atoms with van der Waals surface area (Å²) in [5.41, 5.74) is 1.03. The Morgan fingerprint density at radius 3 is 2.35 bits per heavy atom. The SMILES string of the molecule is CC(C)c1nc(CNS(C)(=O)=O)n(Cc2cccnc2)c1S(=O)(=O)Oc1ccccc1. The van der Waals surface area contributed by atoms with E-state index in [2.05, 4.69) is 14.7 Å². The predicted octanol–water partition coefficient (Wildman–Crippen LogP) is 2.27. The number of nitrogens with zero attached hydrogens (tertiary/aromatic N) is 3. The van der Waals surface area contributed by atoms with Gasteiger partial charge in [-0.25, -0.2) is 18.1 Å². The summed E-state index contributed by atoms with van der Waals surface area (Å²) in [5, 5.41) is -0.111. The molecule has 0 aliphatic rings. The number of aromatic nitrogens is 3. The first-order valence-corrected chi connectivity index (χ1v) is 12.8.